The lowest BCUT2D eigenvalue weighted by Gasteiger charge is -2.11. The lowest BCUT2D eigenvalue weighted by atomic mass is 10.0. The number of nitrogens with zero attached hydrogens (tertiary/aromatic N) is 2. The summed E-state index contributed by atoms with van der Waals surface area (Å²) in [6.45, 7) is 0.236. The molecule has 0 aliphatic heterocycles. The first-order valence-corrected chi connectivity index (χ1v) is 11.1. The highest BCUT2D eigenvalue weighted by molar-refractivity contribution is 7.98. The summed E-state index contributed by atoms with van der Waals surface area (Å²) >= 11 is 1.34. The molecular formula is C19H17FN4O3S2. The van der Waals surface area contributed by atoms with E-state index in [1.54, 1.807) is 18.2 Å². The van der Waals surface area contributed by atoms with E-state index >= 15 is 0 Å². The van der Waals surface area contributed by atoms with Crippen LogP contribution in [0.25, 0.3) is 11.1 Å². The molecule has 29 heavy (non-hydrogen) atoms. The quantitative estimate of drug-likeness (QED) is 0.335. The van der Waals surface area contributed by atoms with E-state index < -0.39 is 15.8 Å². The summed E-state index contributed by atoms with van der Waals surface area (Å²) in [5, 5.41) is 8.66. The van der Waals surface area contributed by atoms with E-state index in [0.29, 0.717) is 34.0 Å². The third kappa shape index (κ3) is 4.97. The number of sulfonamides is 1. The van der Waals surface area contributed by atoms with Crippen LogP contribution in [-0.2, 0) is 16.6 Å². The maximum absolute atomic E-state index is 14.7. The van der Waals surface area contributed by atoms with Gasteiger partial charge in [-0.3, -0.25) is 4.79 Å². The standard InChI is InChI=1S/C19H17FN4O3S2/c1-28-19-23-10-14(11-25)18(24-19)22-9-12-5-6-16(17(20)7-12)13-3-2-4-15(8-13)29(21,26)27/h2-8,10-11H,9H2,1H3,(H2,21,26,27)(H,22,23,24). The zero-order chi connectivity index (χ0) is 21.0. The number of primary sulfonamides is 1. The number of nitrogens with two attached hydrogens (primary N) is 1. The smallest absolute Gasteiger partial charge is 0.238 e. The van der Waals surface area contributed by atoms with Gasteiger partial charge < -0.3 is 5.32 Å². The lowest BCUT2D eigenvalue weighted by molar-refractivity contribution is 0.112. The van der Waals surface area contributed by atoms with Gasteiger partial charge >= 0.3 is 0 Å². The van der Waals surface area contributed by atoms with Crippen molar-refractivity contribution in [3.05, 3.63) is 65.6 Å². The molecule has 3 N–H and O–H groups in total. The Morgan fingerprint density at radius 3 is 2.69 bits per heavy atom. The number of hydrogen-bond acceptors (Lipinski definition) is 7. The molecule has 1 heterocycles. The summed E-state index contributed by atoms with van der Waals surface area (Å²) in [5.74, 6) is -0.149. The highest BCUT2D eigenvalue weighted by Crippen LogP contribution is 2.26. The Balaban J connectivity index is 1.83. The van der Waals surface area contributed by atoms with Gasteiger partial charge in [-0.15, -0.1) is 0 Å². The minimum Gasteiger partial charge on any atom is -0.365 e. The molecule has 0 spiro atoms. The number of thioether (sulfide) groups is 1. The van der Waals surface area contributed by atoms with E-state index in [-0.39, 0.29) is 17.0 Å². The molecule has 0 atom stereocenters. The molecule has 150 valence electrons. The number of aldehydes is 1. The highest BCUT2D eigenvalue weighted by Gasteiger charge is 2.12. The summed E-state index contributed by atoms with van der Waals surface area (Å²) in [6, 6.07) is 10.4. The van der Waals surface area contributed by atoms with Crippen LogP contribution in [0, 0.1) is 5.82 Å². The molecule has 0 amide bonds. The van der Waals surface area contributed by atoms with Gasteiger partial charge in [0.05, 0.1) is 10.5 Å². The van der Waals surface area contributed by atoms with Gasteiger partial charge in [0.25, 0.3) is 0 Å². The third-order valence-electron chi connectivity index (χ3n) is 4.07. The molecule has 0 saturated heterocycles. The zero-order valence-electron chi connectivity index (χ0n) is 15.3. The minimum atomic E-state index is -3.88. The lowest BCUT2D eigenvalue weighted by Crippen LogP contribution is -2.12. The second kappa shape index (κ2) is 8.68. The van der Waals surface area contributed by atoms with Crippen molar-refractivity contribution in [3.8, 4) is 11.1 Å². The molecule has 3 rings (SSSR count). The van der Waals surface area contributed by atoms with Crippen molar-refractivity contribution in [1.29, 1.82) is 0 Å². The second-order valence-corrected chi connectivity index (χ2v) is 8.35. The molecule has 0 bridgehead atoms. The number of aromatic nitrogens is 2. The predicted octanol–water partition coefficient (Wildman–Crippen LogP) is 3.08. The van der Waals surface area contributed by atoms with Crippen LogP contribution >= 0.6 is 11.8 Å². The van der Waals surface area contributed by atoms with E-state index in [1.165, 1.54) is 42.2 Å². The molecule has 3 aromatic rings. The first kappa shape index (κ1) is 20.9. The Labute approximate surface area is 171 Å². The molecule has 0 saturated carbocycles. The number of anilines is 1. The van der Waals surface area contributed by atoms with E-state index in [0.717, 1.165) is 0 Å². The Morgan fingerprint density at radius 2 is 2.03 bits per heavy atom. The van der Waals surface area contributed by atoms with Crippen LogP contribution in [0.5, 0.6) is 0 Å². The Hall–Kier alpha value is -2.82. The number of benzene rings is 2. The van der Waals surface area contributed by atoms with Crippen LogP contribution in [0.1, 0.15) is 15.9 Å². The van der Waals surface area contributed by atoms with E-state index in [4.69, 9.17) is 5.14 Å². The fourth-order valence-electron chi connectivity index (χ4n) is 2.63. The van der Waals surface area contributed by atoms with E-state index in [9.17, 15) is 17.6 Å². The average molecular weight is 433 g/mol. The van der Waals surface area contributed by atoms with Gasteiger partial charge in [-0.2, -0.15) is 0 Å². The average Bonchev–Trinajstić information content (AvgIpc) is 2.71. The Kier molecular flexibility index (Phi) is 6.26. The van der Waals surface area contributed by atoms with E-state index in [1.807, 2.05) is 6.26 Å². The zero-order valence-corrected chi connectivity index (χ0v) is 16.9. The maximum Gasteiger partial charge on any atom is 0.238 e. The van der Waals surface area contributed by atoms with Crippen LogP contribution in [0.2, 0.25) is 0 Å². The number of nitrogens with one attached hydrogen (secondary N) is 1. The van der Waals surface area contributed by atoms with Gasteiger partial charge in [-0.1, -0.05) is 36.0 Å². The number of carbonyl (C=O) groups is 1. The number of hydrogen-bond donors (Lipinski definition) is 2. The fraction of sp³-hybridized carbons (Fsp3) is 0.105. The normalized spacial score (nSPS) is 11.3. The molecule has 0 unspecified atom stereocenters. The topological polar surface area (TPSA) is 115 Å². The Morgan fingerprint density at radius 1 is 1.24 bits per heavy atom. The van der Waals surface area contributed by atoms with Crippen molar-refractivity contribution in [3.63, 3.8) is 0 Å². The van der Waals surface area contributed by atoms with Gasteiger partial charge in [-0.25, -0.2) is 27.9 Å². The molecule has 0 aliphatic carbocycles. The van der Waals surface area contributed by atoms with Gasteiger partial charge in [-0.05, 0) is 35.6 Å². The Bertz CT molecular complexity index is 1170. The molecule has 0 fully saturated rings. The van der Waals surface area contributed by atoms with Gasteiger partial charge in [0.2, 0.25) is 10.0 Å². The summed E-state index contributed by atoms with van der Waals surface area (Å²) < 4.78 is 37.7. The molecule has 7 nitrogen and oxygen atoms in total. The molecular weight excluding hydrogens is 415 g/mol. The van der Waals surface area contributed by atoms with Crippen molar-refractivity contribution >= 4 is 33.9 Å². The summed E-state index contributed by atoms with van der Waals surface area (Å²) in [5.41, 5.74) is 1.58. The van der Waals surface area contributed by atoms with Crippen LogP contribution in [0.15, 0.2) is 58.7 Å². The molecule has 1 aromatic heterocycles. The highest BCUT2D eigenvalue weighted by atomic mass is 32.2. The monoisotopic (exact) mass is 432 g/mol. The maximum atomic E-state index is 14.7. The van der Waals surface area contributed by atoms with Crippen LogP contribution in [-0.4, -0.2) is 30.9 Å². The first-order valence-electron chi connectivity index (χ1n) is 8.33. The molecule has 10 heteroatoms. The van der Waals surface area contributed by atoms with Crippen molar-refractivity contribution in [2.45, 2.75) is 16.6 Å². The summed E-state index contributed by atoms with van der Waals surface area (Å²) in [4.78, 5) is 19.3. The first-order chi connectivity index (χ1) is 13.8. The van der Waals surface area contributed by atoms with Crippen LogP contribution < -0.4 is 10.5 Å². The summed E-state index contributed by atoms with van der Waals surface area (Å²) in [6.07, 6.45) is 3.89. The van der Waals surface area contributed by atoms with E-state index in [2.05, 4.69) is 15.3 Å². The number of carbonyl (C=O) groups excluding carboxylic acids is 1. The molecule has 0 aliphatic rings. The molecule has 2 aromatic carbocycles. The molecule has 0 radical (unpaired) electrons. The van der Waals surface area contributed by atoms with Gasteiger partial charge in [0.15, 0.2) is 11.4 Å². The van der Waals surface area contributed by atoms with Crippen molar-refractivity contribution in [2.24, 2.45) is 5.14 Å². The predicted molar refractivity (Wildman–Crippen MR) is 110 cm³/mol. The van der Waals surface area contributed by atoms with Crippen molar-refractivity contribution in [2.75, 3.05) is 11.6 Å². The number of halogens is 1. The largest absolute Gasteiger partial charge is 0.365 e. The fourth-order valence-corrected chi connectivity index (χ4v) is 3.53. The second-order valence-electron chi connectivity index (χ2n) is 6.02. The third-order valence-corrected chi connectivity index (χ3v) is 5.54. The SMILES string of the molecule is CSc1ncc(C=O)c(NCc2ccc(-c3cccc(S(N)(=O)=O)c3)c(F)c2)n1. The van der Waals surface area contributed by atoms with Crippen LogP contribution in [0.3, 0.4) is 0 Å². The van der Waals surface area contributed by atoms with Crippen LogP contribution in [0.4, 0.5) is 10.2 Å². The van der Waals surface area contributed by atoms with Crippen molar-refractivity contribution < 1.29 is 17.6 Å². The van der Waals surface area contributed by atoms with Gasteiger partial charge in [0, 0.05) is 18.3 Å². The number of rotatable bonds is 7. The minimum absolute atomic E-state index is 0.0881. The van der Waals surface area contributed by atoms with Crippen molar-refractivity contribution in [1.82, 2.24) is 9.97 Å². The van der Waals surface area contributed by atoms with Gasteiger partial charge in [0.1, 0.15) is 11.6 Å². The summed E-state index contributed by atoms with van der Waals surface area (Å²) in [7, 11) is -3.88.